The number of rotatable bonds is 14. The molecule has 1 aliphatic heterocycles. The quantitative estimate of drug-likeness (QED) is 0.200. The molecule has 2 N–H and O–H groups in total. The van der Waals surface area contributed by atoms with Crippen molar-refractivity contribution in [2.24, 2.45) is 5.41 Å². The highest BCUT2D eigenvalue weighted by molar-refractivity contribution is 5.97. The van der Waals surface area contributed by atoms with E-state index in [1.165, 1.54) is 7.11 Å². The molecule has 0 radical (unpaired) electrons. The highest BCUT2D eigenvalue weighted by Gasteiger charge is 2.35. The van der Waals surface area contributed by atoms with Crippen LogP contribution in [0.2, 0.25) is 0 Å². The van der Waals surface area contributed by atoms with Crippen LogP contribution in [0.3, 0.4) is 0 Å². The number of imidazole rings is 1. The number of nitrogens with zero attached hydrogens (tertiary/aromatic N) is 3. The summed E-state index contributed by atoms with van der Waals surface area (Å²) in [6.07, 6.45) is 5.34. The van der Waals surface area contributed by atoms with Gasteiger partial charge in [-0.25, -0.2) is 14.8 Å². The molecule has 3 amide bonds. The van der Waals surface area contributed by atoms with Gasteiger partial charge in [0.15, 0.2) is 5.82 Å². The van der Waals surface area contributed by atoms with Crippen LogP contribution < -0.4 is 10.6 Å². The molecule has 45 heavy (non-hydrogen) atoms. The fourth-order valence-corrected chi connectivity index (χ4v) is 5.01. The first-order chi connectivity index (χ1) is 21.2. The van der Waals surface area contributed by atoms with Gasteiger partial charge in [-0.2, -0.15) is 0 Å². The van der Waals surface area contributed by atoms with E-state index < -0.39 is 23.4 Å². The first-order valence-corrected chi connectivity index (χ1v) is 14.9. The van der Waals surface area contributed by atoms with Gasteiger partial charge in [0.25, 0.3) is 5.91 Å². The van der Waals surface area contributed by atoms with Gasteiger partial charge in [0, 0.05) is 24.6 Å². The summed E-state index contributed by atoms with van der Waals surface area (Å²) in [4.78, 5) is 56.4. The standard InChI is InChI=1S/C33H43N5O6.CH4/c1-33(2,3)32(41)35-27(22-43-20-25-14-9-6-10-15-25)30(39)36-29-19-37(23-34-29)28(18-24-12-7-5-8-13-24)31(40)38-17-11-16-26(38)21-44-42-4;/h5-10,12-15,19,23,26-28H,11,16-18,20-22H2,1-4H3,(H,35,41)(H,36,39);1H4/t26?,27-,28?;/m1./s1. The van der Waals surface area contributed by atoms with Crippen LogP contribution in [0.1, 0.15) is 58.2 Å². The monoisotopic (exact) mass is 621 g/mol. The number of hydrogen-bond donors (Lipinski definition) is 2. The maximum absolute atomic E-state index is 13.9. The van der Waals surface area contributed by atoms with E-state index in [1.54, 1.807) is 37.9 Å². The molecule has 11 nitrogen and oxygen atoms in total. The van der Waals surface area contributed by atoms with Crippen molar-refractivity contribution in [1.82, 2.24) is 19.8 Å². The third-order valence-corrected chi connectivity index (χ3v) is 7.51. The van der Waals surface area contributed by atoms with E-state index in [1.807, 2.05) is 65.6 Å². The maximum Gasteiger partial charge on any atom is 0.250 e. The molecule has 2 heterocycles. The number of carbonyl (C=O) groups is 3. The van der Waals surface area contributed by atoms with Crippen molar-refractivity contribution < 1.29 is 28.9 Å². The minimum absolute atomic E-state index is 0. The minimum Gasteiger partial charge on any atom is -0.374 e. The molecule has 0 spiro atoms. The molecule has 4 rings (SSSR count). The van der Waals surface area contributed by atoms with Gasteiger partial charge in [-0.15, -0.1) is 0 Å². The molecule has 0 saturated carbocycles. The molecule has 244 valence electrons. The zero-order chi connectivity index (χ0) is 31.5. The second kappa shape index (κ2) is 16.9. The lowest BCUT2D eigenvalue weighted by Crippen LogP contribution is -2.50. The highest BCUT2D eigenvalue weighted by Crippen LogP contribution is 2.26. The van der Waals surface area contributed by atoms with Gasteiger partial charge in [-0.3, -0.25) is 14.4 Å². The zero-order valence-electron chi connectivity index (χ0n) is 25.9. The lowest BCUT2D eigenvalue weighted by Gasteiger charge is -2.29. The fraction of sp³-hybridized carbons (Fsp3) is 0.471. The Morgan fingerprint density at radius 3 is 2.33 bits per heavy atom. The predicted octanol–water partition coefficient (Wildman–Crippen LogP) is 4.56. The molecule has 0 aliphatic carbocycles. The van der Waals surface area contributed by atoms with Crippen LogP contribution in [0.4, 0.5) is 5.82 Å². The Kier molecular flexibility index (Phi) is 13.3. The summed E-state index contributed by atoms with van der Waals surface area (Å²) in [7, 11) is 1.45. The summed E-state index contributed by atoms with van der Waals surface area (Å²) in [5.74, 6) is -0.545. The van der Waals surface area contributed by atoms with Crippen LogP contribution in [0.15, 0.2) is 73.2 Å². The third-order valence-electron chi connectivity index (χ3n) is 7.51. The number of amides is 3. The molecule has 3 aromatic rings. The average molecular weight is 622 g/mol. The third kappa shape index (κ3) is 10.2. The van der Waals surface area contributed by atoms with Gasteiger partial charge in [-0.05, 0) is 24.0 Å². The van der Waals surface area contributed by atoms with E-state index in [9.17, 15) is 14.4 Å². The topological polar surface area (TPSA) is 124 Å². The Labute approximate surface area is 266 Å². The number of carbonyl (C=O) groups excluding carboxylic acids is 3. The fourth-order valence-electron chi connectivity index (χ4n) is 5.01. The number of ether oxygens (including phenoxy) is 1. The Hall–Kier alpha value is -4.06. The molecule has 2 unspecified atom stereocenters. The van der Waals surface area contributed by atoms with Crippen molar-refractivity contribution in [3.05, 3.63) is 84.3 Å². The van der Waals surface area contributed by atoms with Crippen molar-refractivity contribution in [3.63, 3.8) is 0 Å². The second-order valence-corrected chi connectivity index (χ2v) is 12.0. The van der Waals surface area contributed by atoms with E-state index >= 15 is 0 Å². The average Bonchev–Trinajstić information content (AvgIpc) is 3.68. The lowest BCUT2D eigenvalue weighted by molar-refractivity contribution is -0.278. The smallest absolute Gasteiger partial charge is 0.250 e. The first kappa shape index (κ1) is 35.4. The molecule has 1 aromatic heterocycles. The SMILES string of the molecule is C.COOCC1CCCN1C(=O)C(Cc1ccccc1)n1cnc(NC(=O)[C@@H](COCc2ccccc2)NC(=O)C(C)(C)C)c1. The normalized spacial score (nSPS) is 16.0. The molecule has 11 heteroatoms. The van der Waals surface area contributed by atoms with E-state index in [0.717, 1.165) is 24.0 Å². The number of aromatic nitrogens is 2. The number of likely N-dealkylation sites (tertiary alicyclic amines) is 1. The summed E-state index contributed by atoms with van der Waals surface area (Å²) in [6.45, 7) is 6.51. The molecule has 1 saturated heterocycles. The van der Waals surface area contributed by atoms with Gasteiger partial charge >= 0.3 is 0 Å². The first-order valence-electron chi connectivity index (χ1n) is 14.9. The van der Waals surface area contributed by atoms with E-state index in [-0.39, 0.29) is 37.7 Å². The number of anilines is 1. The van der Waals surface area contributed by atoms with Crippen LogP contribution in [-0.2, 0) is 41.9 Å². The van der Waals surface area contributed by atoms with Crippen molar-refractivity contribution in [3.8, 4) is 0 Å². The summed E-state index contributed by atoms with van der Waals surface area (Å²) in [5, 5.41) is 5.61. The number of hydrogen-bond acceptors (Lipinski definition) is 7. The summed E-state index contributed by atoms with van der Waals surface area (Å²) < 4.78 is 7.55. The van der Waals surface area contributed by atoms with Crippen LogP contribution in [0.25, 0.3) is 0 Å². The molecule has 3 atom stereocenters. The molecule has 1 aliphatic rings. The van der Waals surface area contributed by atoms with Crippen molar-refractivity contribution in [1.29, 1.82) is 0 Å². The largest absolute Gasteiger partial charge is 0.374 e. The summed E-state index contributed by atoms with van der Waals surface area (Å²) in [6, 6.07) is 17.7. The van der Waals surface area contributed by atoms with E-state index in [4.69, 9.17) is 14.5 Å². The lowest BCUT2D eigenvalue weighted by atomic mass is 9.95. The van der Waals surface area contributed by atoms with Gasteiger partial charge < -0.3 is 24.8 Å². The molecule has 2 aromatic carbocycles. The molecule has 1 fully saturated rings. The van der Waals surface area contributed by atoms with Crippen LogP contribution >= 0.6 is 0 Å². The van der Waals surface area contributed by atoms with Gasteiger partial charge in [-0.1, -0.05) is 88.9 Å². The van der Waals surface area contributed by atoms with E-state index in [0.29, 0.717) is 26.2 Å². The highest BCUT2D eigenvalue weighted by atomic mass is 17.2. The second-order valence-electron chi connectivity index (χ2n) is 12.0. The van der Waals surface area contributed by atoms with Crippen molar-refractivity contribution >= 4 is 23.5 Å². The van der Waals surface area contributed by atoms with E-state index in [2.05, 4.69) is 15.6 Å². The summed E-state index contributed by atoms with van der Waals surface area (Å²) >= 11 is 0. The summed E-state index contributed by atoms with van der Waals surface area (Å²) in [5.41, 5.74) is 1.25. The Bertz CT molecular complexity index is 1360. The Morgan fingerprint density at radius 2 is 1.69 bits per heavy atom. The van der Waals surface area contributed by atoms with Gasteiger partial charge in [0.05, 0.1) is 32.7 Å². The zero-order valence-corrected chi connectivity index (χ0v) is 25.9. The molecular weight excluding hydrogens is 574 g/mol. The van der Waals surface area contributed by atoms with Crippen molar-refractivity contribution in [2.75, 3.05) is 32.2 Å². The Balaban J connectivity index is 0.00000552. The van der Waals surface area contributed by atoms with Gasteiger partial charge in [0.1, 0.15) is 18.7 Å². The van der Waals surface area contributed by atoms with Gasteiger partial charge in [0.2, 0.25) is 11.8 Å². The number of benzene rings is 2. The van der Waals surface area contributed by atoms with Crippen molar-refractivity contribution in [2.45, 2.75) is 72.2 Å². The molecule has 0 bridgehead atoms. The Morgan fingerprint density at radius 1 is 1.02 bits per heavy atom. The van der Waals surface area contributed by atoms with Crippen LogP contribution in [0.5, 0.6) is 0 Å². The number of nitrogens with one attached hydrogen (secondary N) is 2. The minimum atomic E-state index is -0.955. The molecular formula is C34H47N5O6. The maximum atomic E-state index is 13.9. The van der Waals surface area contributed by atoms with Crippen LogP contribution in [-0.4, -0.2) is 71.1 Å². The predicted molar refractivity (Wildman–Crippen MR) is 172 cm³/mol. The van der Waals surface area contributed by atoms with Crippen LogP contribution in [0, 0.1) is 5.41 Å².